The lowest BCUT2D eigenvalue weighted by Gasteiger charge is -2.27. The van der Waals surface area contributed by atoms with Gasteiger partial charge in [0, 0.05) is 5.41 Å². The molecule has 1 fully saturated rings. The van der Waals surface area contributed by atoms with Crippen LogP contribution in [0.4, 0.5) is 0 Å². The molecule has 82 valence electrons. The van der Waals surface area contributed by atoms with Gasteiger partial charge in [0.25, 0.3) is 0 Å². The lowest BCUT2D eigenvalue weighted by molar-refractivity contribution is 0.0811. The van der Waals surface area contributed by atoms with Crippen molar-refractivity contribution in [2.75, 3.05) is 6.54 Å². The Bertz CT molecular complexity index is 319. The molecule has 1 aliphatic carbocycles. The smallest absolute Gasteiger partial charge is 0.0674 e. The summed E-state index contributed by atoms with van der Waals surface area (Å²) in [5.74, 6) is 0.174. The van der Waals surface area contributed by atoms with Crippen LogP contribution in [0.1, 0.15) is 25.3 Å². The summed E-state index contributed by atoms with van der Waals surface area (Å²) >= 11 is 0. The van der Waals surface area contributed by atoms with E-state index in [0.717, 1.165) is 12.8 Å². The molecule has 2 rings (SSSR count). The number of benzene rings is 1. The average molecular weight is 205 g/mol. The van der Waals surface area contributed by atoms with Crippen molar-refractivity contribution in [2.24, 2.45) is 11.7 Å². The fraction of sp³-hybridized carbons (Fsp3) is 0.538. The molecule has 15 heavy (non-hydrogen) atoms. The molecular weight excluding hydrogens is 186 g/mol. The van der Waals surface area contributed by atoms with Gasteiger partial charge in [-0.15, -0.1) is 0 Å². The maximum absolute atomic E-state index is 10.3. The maximum atomic E-state index is 10.3. The molecule has 0 spiro atoms. The second-order valence-electron chi connectivity index (χ2n) is 4.68. The Morgan fingerprint density at radius 3 is 2.40 bits per heavy atom. The van der Waals surface area contributed by atoms with Crippen molar-refractivity contribution < 1.29 is 5.11 Å². The largest absolute Gasteiger partial charge is 0.392 e. The molecule has 3 N–H and O–H groups in total. The Morgan fingerprint density at radius 2 is 1.93 bits per heavy atom. The van der Waals surface area contributed by atoms with Crippen molar-refractivity contribution in [1.82, 2.24) is 0 Å². The summed E-state index contributed by atoms with van der Waals surface area (Å²) in [5.41, 5.74) is 6.88. The first-order chi connectivity index (χ1) is 7.20. The lowest BCUT2D eigenvalue weighted by atomic mass is 9.83. The predicted molar refractivity (Wildman–Crippen MR) is 61.6 cm³/mol. The van der Waals surface area contributed by atoms with E-state index in [9.17, 15) is 5.11 Å². The highest BCUT2D eigenvalue weighted by molar-refractivity contribution is 5.33. The Hall–Kier alpha value is -0.860. The molecule has 0 bridgehead atoms. The fourth-order valence-electron chi connectivity index (χ4n) is 2.33. The molecule has 1 aromatic carbocycles. The number of aliphatic hydroxyl groups excluding tert-OH is 1. The first-order valence-electron chi connectivity index (χ1n) is 5.64. The van der Waals surface area contributed by atoms with Gasteiger partial charge in [-0.3, -0.25) is 0 Å². The minimum Gasteiger partial charge on any atom is -0.392 e. The Labute approximate surface area is 91.1 Å². The zero-order valence-corrected chi connectivity index (χ0v) is 9.19. The van der Waals surface area contributed by atoms with Crippen molar-refractivity contribution in [3.8, 4) is 0 Å². The highest BCUT2D eigenvalue weighted by Gasteiger charge is 2.51. The normalized spacial score (nSPS) is 22.1. The monoisotopic (exact) mass is 205 g/mol. The third-order valence-electron chi connectivity index (χ3n) is 3.61. The summed E-state index contributed by atoms with van der Waals surface area (Å²) in [6.45, 7) is 2.57. The number of hydrogen-bond donors (Lipinski definition) is 2. The summed E-state index contributed by atoms with van der Waals surface area (Å²) in [4.78, 5) is 0. The molecule has 2 heteroatoms. The molecule has 0 aromatic heterocycles. The first-order valence-corrected chi connectivity index (χ1v) is 5.64. The molecule has 1 aliphatic rings. The maximum Gasteiger partial charge on any atom is 0.0674 e. The topological polar surface area (TPSA) is 46.2 Å². The van der Waals surface area contributed by atoms with Gasteiger partial charge in [-0.25, -0.2) is 0 Å². The van der Waals surface area contributed by atoms with E-state index in [1.807, 2.05) is 25.1 Å². The number of nitrogens with two attached hydrogens (primary N) is 1. The molecule has 0 aliphatic heterocycles. The zero-order valence-electron chi connectivity index (χ0n) is 9.19. The molecule has 2 atom stereocenters. The number of rotatable bonds is 4. The molecule has 0 radical (unpaired) electrons. The van der Waals surface area contributed by atoms with E-state index < -0.39 is 0 Å². The quantitative estimate of drug-likeness (QED) is 0.785. The van der Waals surface area contributed by atoms with Gasteiger partial charge in [-0.1, -0.05) is 37.3 Å². The van der Waals surface area contributed by atoms with E-state index in [4.69, 9.17) is 5.73 Å². The van der Waals surface area contributed by atoms with Gasteiger partial charge in [-0.05, 0) is 30.9 Å². The van der Waals surface area contributed by atoms with Crippen LogP contribution in [0.2, 0.25) is 0 Å². The highest BCUT2D eigenvalue weighted by Crippen LogP contribution is 2.52. The summed E-state index contributed by atoms with van der Waals surface area (Å²) in [6, 6.07) is 10.3. The van der Waals surface area contributed by atoms with E-state index in [2.05, 4.69) is 12.1 Å². The third-order valence-corrected chi connectivity index (χ3v) is 3.61. The van der Waals surface area contributed by atoms with Crippen LogP contribution in [0.25, 0.3) is 0 Å². The van der Waals surface area contributed by atoms with Gasteiger partial charge in [0.1, 0.15) is 0 Å². The molecule has 0 saturated heterocycles. The van der Waals surface area contributed by atoms with Crippen molar-refractivity contribution in [2.45, 2.75) is 31.3 Å². The second kappa shape index (κ2) is 3.95. The summed E-state index contributed by atoms with van der Waals surface area (Å²) in [5, 5.41) is 10.3. The summed E-state index contributed by atoms with van der Waals surface area (Å²) < 4.78 is 0. The lowest BCUT2D eigenvalue weighted by Crippen LogP contribution is -2.36. The molecule has 2 unspecified atom stereocenters. The molecule has 0 amide bonds. The van der Waals surface area contributed by atoms with Crippen molar-refractivity contribution in [3.05, 3.63) is 35.9 Å². The summed E-state index contributed by atoms with van der Waals surface area (Å²) in [6.07, 6.45) is 1.87. The van der Waals surface area contributed by atoms with Crippen LogP contribution >= 0.6 is 0 Å². The average Bonchev–Trinajstić information content (AvgIpc) is 3.09. The molecule has 1 saturated carbocycles. The van der Waals surface area contributed by atoms with Gasteiger partial charge in [0.15, 0.2) is 0 Å². The van der Waals surface area contributed by atoms with Crippen LogP contribution < -0.4 is 5.73 Å². The van der Waals surface area contributed by atoms with E-state index >= 15 is 0 Å². The highest BCUT2D eigenvalue weighted by atomic mass is 16.3. The van der Waals surface area contributed by atoms with Crippen LogP contribution in [-0.2, 0) is 5.41 Å². The van der Waals surface area contributed by atoms with Crippen molar-refractivity contribution >= 4 is 0 Å². The predicted octanol–water partition coefficient (Wildman–Crippen LogP) is 1.67. The molecule has 0 heterocycles. The van der Waals surface area contributed by atoms with Crippen LogP contribution in [0.5, 0.6) is 0 Å². The van der Waals surface area contributed by atoms with Gasteiger partial charge >= 0.3 is 0 Å². The van der Waals surface area contributed by atoms with Crippen LogP contribution in [-0.4, -0.2) is 17.8 Å². The van der Waals surface area contributed by atoms with Gasteiger partial charge in [0.05, 0.1) is 6.10 Å². The van der Waals surface area contributed by atoms with Gasteiger partial charge < -0.3 is 10.8 Å². The van der Waals surface area contributed by atoms with Crippen molar-refractivity contribution in [3.63, 3.8) is 0 Å². The third kappa shape index (κ3) is 1.80. The second-order valence-corrected chi connectivity index (χ2v) is 4.68. The van der Waals surface area contributed by atoms with Crippen LogP contribution in [0, 0.1) is 5.92 Å². The SMILES string of the molecule is CC(CN)C(O)C1(c2ccccc2)CC1. The first kappa shape index (κ1) is 10.7. The Morgan fingerprint density at radius 1 is 1.33 bits per heavy atom. The number of hydrogen-bond acceptors (Lipinski definition) is 2. The van der Waals surface area contributed by atoms with E-state index in [-0.39, 0.29) is 17.4 Å². The standard InChI is InChI=1S/C13H19NO/c1-10(9-14)12(15)13(7-8-13)11-5-3-2-4-6-11/h2-6,10,12,15H,7-9,14H2,1H3. The zero-order chi connectivity index (χ0) is 10.9. The Kier molecular flexibility index (Phi) is 2.81. The molecule has 1 aromatic rings. The minimum atomic E-state index is -0.301. The summed E-state index contributed by atoms with van der Waals surface area (Å²) in [7, 11) is 0. The van der Waals surface area contributed by atoms with Gasteiger partial charge in [-0.2, -0.15) is 0 Å². The Balaban J connectivity index is 2.21. The van der Waals surface area contributed by atoms with E-state index in [1.165, 1.54) is 5.56 Å². The number of aliphatic hydroxyl groups is 1. The minimum absolute atomic E-state index is 0.0000463. The van der Waals surface area contributed by atoms with E-state index in [1.54, 1.807) is 0 Å². The van der Waals surface area contributed by atoms with Crippen molar-refractivity contribution in [1.29, 1.82) is 0 Å². The molecule has 2 nitrogen and oxygen atoms in total. The molecular formula is C13H19NO. The van der Waals surface area contributed by atoms with Crippen LogP contribution in [0.3, 0.4) is 0 Å². The van der Waals surface area contributed by atoms with E-state index in [0.29, 0.717) is 6.54 Å². The fourth-order valence-corrected chi connectivity index (χ4v) is 2.33. The van der Waals surface area contributed by atoms with Crippen LogP contribution in [0.15, 0.2) is 30.3 Å². The van der Waals surface area contributed by atoms with Gasteiger partial charge in [0.2, 0.25) is 0 Å².